The number of carbonyl (C=O) groups excluding carboxylic acids is 1. The molecule has 6 nitrogen and oxygen atoms in total. The predicted molar refractivity (Wildman–Crippen MR) is 126 cm³/mol. The second kappa shape index (κ2) is 9.63. The lowest BCUT2D eigenvalue weighted by Crippen LogP contribution is -2.39. The Morgan fingerprint density at radius 1 is 1.23 bits per heavy atom. The van der Waals surface area contributed by atoms with E-state index in [2.05, 4.69) is 15.3 Å². The van der Waals surface area contributed by atoms with Gasteiger partial charge in [0, 0.05) is 23.1 Å². The Kier molecular flexibility index (Phi) is 7.35. The zero-order chi connectivity index (χ0) is 22.8. The summed E-state index contributed by atoms with van der Waals surface area (Å²) in [4.78, 5) is 22.9. The van der Waals surface area contributed by atoms with Crippen LogP contribution in [-0.2, 0) is 4.74 Å². The molecule has 1 aliphatic heterocycles. The smallest absolute Gasteiger partial charge is 0.410 e. The Hall–Kier alpha value is -2.02. The largest absolute Gasteiger partial charge is 0.444 e. The van der Waals surface area contributed by atoms with Gasteiger partial charge in [-0.1, -0.05) is 46.9 Å². The van der Waals surface area contributed by atoms with E-state index in [1.165, 1.54) is 0 Å². The fraction of sp³-hybridized carbons (Fsp3) is 0.409. The van der Waals surface area contributed by atoms with Crippen LogP contribution in [0.5, 0.6) is 0 Å². The van der Waals surface area contributed by atoms with Crippen LogP contribution in [0.2, 0.25) is 15.1 Å². The number of anilines is 1. The van der Waals surface area contributed by atoms with Gasteiger partial charge in [-0.05, 0) is 57.4 Å². The van der Waals surface area contributed by atoms with Gasteiger partial charge >= 0.3 is 6.09 Å². The van der Waals surface area contributed by atoms with Crippen molar-refractivity contribution in [3.05, 3.63) is 56.9 Å². The third kappa shape index (κ3) is 6.25. The highest BCUT2D eigenvalue weighted by atomic mass is 35.5. The first-order chi connectivity index (χ1) is 14.5. The van der Waals surface area contributed by atoms with Crippen LogP contribution in [0.25, 0.3) is 5.57 Å². The molecule has 1 N–H and O–H groups in total. The van der Waals surface area contributed by atoms with Crippen LogP contribution < -0.4 is 5.32 Å². The summed E-state index contributed by atoms with van der Waals surface area (Å²) in [6, 6.07) is 5.21. The van der Waals surface area contributed by atoms with E-state index in [1.807, 2.05) is 39.8 Å². The zero-order valence-corrected chi connectivity index (χ0v) is 20.1. The fourth-order valence-electron chi connectivity index (χ4n) is 3.12. The van der Waals surface area contributed by atoms with Crippen LogP contribution in [0.4, 0.5) is 10.6 Å². The average Bonchev–Trinajstić information content (AvgIpc) is 2.68. The summed E-state index contributed by atoms with van der Waals surface area (Å²) in [7, 11) is 0. The van der Waals surface area contributed by atoms with E-state index in [9.17, 15) is 4.79 Å². The second-order valence-corrected chi connectivity index (χ2v) is 9.58. The van der Waals surface area contributed by atoms with Gasteiger partial charge in [0.05, 0.1) is 12.2 Å². The van der Waals surface area contributed by atoms with Crippen molar-refractivity contribution in [2.24, 2.45) is 0 Å². The molecular weight excluding hydrogens is 459 g/mol. The van der Waals surface area contributed by atoms with E-state index in [0.29, 0.717) is 46.2 Å². The molecule has 1 atom stereocenters. The molecule has 31 heavy (non-hydrogen) atoms. The van der Waals surface area contributed by atoms with Gasteiger partial charge in [-0.15, -0.1) is 0 Å². The molecule has 0 saturated carbocycles. The summed E-state index contributed by atoms with van der Waals surface area (Å²) in [6.45, 7) is 8.49. The van der Waals surface area contributed by atoms with Crippen molar-refractivity contribution in [1.82, 2.24) is 14.9 Å². The highest BCUT2D eigenvalue weighted by Gasteiger charge is 2.25. The molecule has 166 valence electrons. The van der Waals surface area contributed by atoms with Crippen molar-refractivity contribution >= 4 is 52.3 Å². The molecule has 2 aromatic rings. The Morgan fingerprint density at radius 3 is 2.58 bits per heavy atom. The maximum atomic E-state index is 12.3. The van der Waals surface area contributed by atoms with Crippen molar-refractivity contribution in [2.45, 2.75) is 45.8 Å². The predicted octanol–water partition coefficient (Wildman–Crippen LogP) is 6.63. The Bertz CT molecular complexity index is 1000. The van der Waals surface area contributed by atoms with E-state index in [1.54, 1.807) is 23.2 Å². The van der Waals surface area contributed by atoms with Crippen LogP contribution in [0.3, 0.4) is 0 Å². The van der Waals surface area contributed by atoms with Gasteiger partial charge in [0.15, 0.2) is 5.82 Å². The van der Waals surface area contributed by atoms with Gasteiger partial charge in [0.2, 0.25) is 0 Å². The monoisotopic (exact) mass is 482 g/mol. The number of carbonyl (C=O) groups is 1. The van der Waals surface area contributed by atoms with Crippen molar-refractivity contribution in [3.8, 4) is 0 Å². The lowest BCUT2D eigenvalue weighted by atomic mass is 10.1. The van der Waals surface area contributed by atoms with Gasteiger partial charge in [-0.25, -0.2) is 14.8 Å². The molecule has 1 amide bonds. The summed E-state index contributed by atoms with van der Waals surface area (Å²) in [5.41, 5.74) is 1.31. The van der Waals surface area contributed by atoms with Gasteiger partial charge in [-0.3, -0.25) is 0 Å². The SMILES string of the molecule is C[C@@H](Nc1nc(C2=CCN(C(=O)OC(C)(C)C)CC2)ncc1Cl)c1ccc(Cl)cc1Cl. The molecule has 0 bridgehead atoms. The van der Waals surface area contributed by atoms with Crippen LogP contribution in [0, 0.1) is 0 Å². The molecule has 0 aliphatic carbocycles. The topological polar surface area (TPSA) is 67.4 Å². The molecule has 0 spiro atoms. The quantitative estimate of drug-likeness (QED) is 0.528. The van der Waals surface area contributed by atoms with Crippen LogP contribution in [0.15, 0.2) is 30.5 Å². The minimum absolute atomic E-state index is 0.145. The van der Waals surface area contributed by atoms with Crippen molar-refractivity contribution < 1.29 is 9.53 Å². The maximum absolute atomic E-state index is 12.3. The first-order valence-corrected chi connectivity index (χ1v) is 11.1. The number of halogens is 3. The summed E-state index contributed by atoms with van der Waals surface area (Å²) in [6.07, 6.45) is 3.82. The van der Waals surface area contributed by atoms with Gasteiger partial charge in [-0.2, -0.15) is 0 Å². The minimum atomic E-state index is -0.523. The number of aromatic nitrogens is 2. The van der Waals surface area contributed by atoms with Crippen LogP contribution in [-0.4, -0.2) is 39.7 Å². The van der Waals surface area contributed by atoms with Crippen LogP contribution in [0.1, 0.15) is 51.5 Å². The number of benzene rings is 1. The Labute approximate surface area is 197 Å². The summed E-state index contributed by atoms with van der Waals surface area (Å²) >= 11 is 18.6. The zero-order valence-electron chi connectivity index (χ0n) is 17.9. The Balaban J connectivity index is 1.73. The maximum Gasteiger partial charge on any atom is 0.410 e. The lowest BCUT2D eigenvalue weighted by molar-refractivity contribution is 0.0270. The average molecular weight is 484 g/mol. The number of nitrogens with zero attached hydrogens (tertiary/aromatic N) is 3. The van der Waals surface area contributed by atoms with Crippen LogP contribution >= 0.6 is 34.8 Å². The molecular formula is C22H25Cl3N4O2. The molecule has 0 unspecified atom stereocenters. The first kappa shape index (κ1) is 23.6. The third-order valence-corrected chi connectivity index (χ3v) is 5.51. The highest BCUT2D eigenvalue weighted by Crippen LogP contribution is 2.31. The standard InChI is InChI=1S/C22H25Cl3N4O2/c1-13(16-6-5-15(23)11-17(16)24)27-20-18(25)12-26-19(28-20)14-7-9-29(10-8-14)21(30)31-22(2,3)4/h5-7,11-13H,8-10H2,1-4H3,(H,26,27,28)/t13-/m1/s1. The number of rotatable bonds is 4. The summed E-state index contributed by atoms with van der Waals surface area (Å²) < 4.78 is 5.44. The highest BCUT2D eigenvalue weighted by molar-refractivity contribution is 6.35. The van der Waals surface area contributed by atoms with E-state index >= 15 is 0 Å². The molecule has 1 aromatic carbocycles. The fourth-order valence-corrected chi connectivity index (χ4v) is 3.84. The molecule has 0 radical (unpaired) electrons. The molecule has 3 rings (SSSR count). The number of hydrogen-bond acceptors (Lipinski definition) is 5. The molecule has 9 heteroatoms. The molecule has 0 saturated heterocycles. The number of amides is 1. The minimum Gasteiger partial charge on any atom is -0.444 e. The van der Waals surface area contributed by atoms with Gasteiger partial charge < -0.3 is 15.0 Å². The van der Waals surface area contributed by atoms with E-state index < -0.39 is 5.60 Å². The first-order valence-electron chi connectivity index (χ1n) is 9.95. The number of nitrogens with one attached hydrogen (secondary N) is 1. The molecule has 1 aliphatic rings. The molecule has 0 fully saturated rings. The normalized spacial score (nSPS) is 15.3. The summed E-state index contributed by atoms with van der Waals surface area (Å²) in [5.74, 6) is 1.09. The molecule has 2 heterocycles. The van der Waals surface area contributed by atoms with E-state index in [-0.39, 0.29) is 12.1 Å². The summed E-state index contributed by atoms with van der Waals surface area (Å²) in [5, 5.41) is 4.85. The van der Waals surface area contributed by atoms with Crippen molar-refractivity contribution in [1.29, 1.82) is 0 Å². The van der Waals surface area contributed by atoms with E-state index in [4.69, 9.17) is 39.5 Å². The van der Waals surface area contributed by atoms with Crippen molar-refractivity contribution in [3.63, 3.8) is 0 Å². The second-order valence-electron chi connectivity index (χ2n) is 8.33. The number of hydrogen-bond donors (Lipinski definition) is 1. The van der Waals surface area contributed by atoms with E-state index in [0.717, 1.165) is 11.1 Å². The lowest BCUT2D eigenvalue weighted by Gasteiger charge is -2.29. The molecule has 1 aromatic heterocycles. The number of ether oxygens (including phenoxy) is 1. The Morgan fingerprint density at radius 2 is 1.97 bits per heavy atom. The van der Waals surface area contributed by atoms with Crippen molar-refractivity contribution in [2.75, 3.05) is 18.4 Å². The van der Waals surface area contributed by atoms with Gasteiger partial charge in [0.1, 0.15) is 16.4 Å². The third-order valence-electron chi connectivity index (χ3n) is 4.67. The van der Waals surface area contributed by atoms with Gasteiger partial charge in [0.25, 0.3) is 0 Å².